The number of pyridine rings is 1. The van der Waals surface area contributed by atoms with Crippen LogP contribution in [0.2, 0.25) is 0 Å². The van der Waals surface area contributed by atoms with Crippen LogP contribution in [0.4, 0.5) is 0 Å². The van der Waals surface area contributed by atoms with E-state index in [1.54, 1.807) is 11.6 Å². The Labute approximate surface area is 170 Å². The van der Waals surface area contributed by atoms with Crippen LogP contribution >= 0.6 is 0 Å². The van der Waals surface area contributed by atoms with Crippen molar-refractivity contribution in [3.63, 3.8) is 0 Å². The Kier molecular flexibility index (Phi) is 5.49. The first-order valence-corrected chi connectivity index (χ1v) is 11.1. The van der Waals surface area contributed by atoms with Gasteiger partial charge in [-0.05, 0) is 36.6 Å². The van der Waals surface area contributed by atoms with E-state index in [1.807, 2.05) is 42.5 Å². The van der Waals surface area contributed by atoms with Gasteiger partial charge in [0.2, 0.25) is 0 Å². The first-order chi connectivity index (χ1) is 14.0. The van der Waals surface area contributed by atoms with Gasteiger partial charge in [0.25, 0.3) is 10.0 Å². The minimum absolute atomic E-state index is 0.0174. The lowest BCUT2D eigenvalue weighted by molar-refractivity contribution is 0.282. The van der Waals surface area contributed by atoms with E-state index >= 15 is 0 Å². The lowest BCUT2D eigenvalue weighted by Crippen LogP contribution is -2.39. The molecular formula is C21H24N4O3S. The molecule has 0 unspecified atom stereocenters. The molecular weight excluding hydrogens is 388 g/mol. The highest BCUT2D eigenvalue weighted by atomic mass is 32.2. The number of aromatic nitrogens is 3. The highest BCUT2D eigenvalue weighted by molar-refractivity contribution is 7.89. The van der Waals surface area contributed by atoms with Gasteiger partial charge in [-0.25, -0.2) is 13.4 Å². The van der Waals surface area contributed by atoms with Crippen molar-refractivity contribution in [3.05, 3.63) is 66.2 Å². The molecule has 152 valence electrons. The van der Waals surface area contributed by atoms with E-state index in [4.69, 9.17) is 4.98 Å². The average molecular weight is 413 g/mol. The third-order valence-electron chi connectivity index (χ3n) is 5.26. The highest BCUT2D eigenvalue weighted by Gasteiger charge is 2.32. The second-order valence-corrected chi connectivity index (χ2v) is 9.27. The van der Waals surface area contributed by atoms with Crippen LogP contribution in [0.1, 0.15) is 30.0 Å². The molecule has 0 amide bonds. The highest BCUT2D eigenvalue weighted by Crippen LogP contribution is 2.30. The van der Waals surface area contributed by atoms with Crippen LogP contribution < -0.4 is 0 Å². The van der Waals surface area contributed by atoms with Crippen molar-refractivity contribution < 1.29 is 13.5 Å². The number of aliphatic hydroxyl groups is 1. The Balaban J connectivity index is 1.59. The SMILES string of the molecule is Cn1cnc(S(=O)(=O)N2CCC[C@@H](c3cccc(-c4cccc(CO)c4)n3)C2)c1. The zero-order valence-electron chi connectivity index (χ0n) is 16.3. The van der Waals surface area contributed by atoms with Crippen molar-refractivity contribution in [3.8, 4) is 11.3 Å². The number of sulfonamides is 1. The number of imidazole rings is 1. The van der Waals surface area contributed by atoms with Crippen LogP contribution in [0, 0.1) is 0 Å². The summed E-state index contributed by atoms with van der Waals surface area (Å²) < 4.78 is 29.0. The first-order valence-electron chi connectivity index (χ1n) is 9.62. The fourth-order valence-electron chi connectivity index (χ4n) is 3.73. The molecule has 1 atom stereocenters. The Morgan fingerprint density at radius 2 is 2.03 bits per heavy atom. The van der Waals surface area contributed by atoms with Crippen molar-refractivity contribution in [2.24, 2.45) is 7.05 Å². The standard InChI is InChI=1S/C21H24N4O3S/c1-24-13-21(22-15-24)29(27,28)25-10-4-7-18(12-25)20-9-3-8-19(23-20)17-6-2-5-16(11-17)14-26/h2-3,5-6,8-9,11,13,15,18,26H,4,7,10,12,14H2,1H3/t18-/m1/s1. The van der Waals surface area contributed by atoms with Crippen molar-refractivity contribution in [2.75, 3.05) is 13.1 Å². The summed E-state index contributed by atoms with van der Waals surface area (Å²) in [4.78, 5) is 8.84. The number of piperidine rings is 1. The summed E-state index contributed by atoms with van der Waals surface area (Å²) in [6.45, 7) is 0.871. The molecule has 1 aromatic carbocycles. The summed E-state index contributed by atoms with van der Waals surface area (Å²) in [6, 6.07) is 13.5. The van der Waals surface area contributed by atoms with Gasteiger partial charge in [-0.1, -0.05) is 24.3 Å². The Bertz CT molecular complexity index is 1110. The minimum Gasteiger partial charge on any atom is -0.392 e. The predicted molar refractivity (Wildman–Crippen MR) is 110 cm³/mol. The summed E-state index contributed by atoms with van der Waals surface area (Å²) >= 11 is 0. The second-order valence-electron chi connectivity index (χ2n) is 7.39. The summed E-state index contributed by atoms with van der Waals surface area (Å²) in [5, 5.41) is 9.47. The van der Waals surface area contributed by atoms with Crippen LogP contribution in [0.5, 0.6) is 0 Å². The van der Waals surface area contributed by atoms with Crippen LogP contribution in [0.15, 0.2) is 60.0 Å². The molecule has 0 radical (unpaired) electrons. The van der Waals surface area contributed by atoms with Gasteiger partial charge in [0.1, 0.15) is 0 Å². The normalized spacial score (nSPS) is 18.1. The van der Waals surface area contributed by atoms with Crippen LogP contribution in [0.25, 0.3) is 11.3 Å². The molecule has 1 fully saturated rings. The fourth-order valence-corrected chi connectivity index (χ4v) is 5.22. The van der Waals surface area contributed by atoms with Crippen molar-refractivity contribution >= 4 is 10.0 Å². The van der Waals surface area contributed by atoms with Gasteiger partial charge in [-0.15, -0.1) is 0 Å². The number of hydrogen-bond donors (Lipinski definition) is 1. The number of aliphatic hydroxyl groups excluding tert-OH is 1. The smallest absolute Gasteiger partial charge is 0.262 e. The maximum atomic E-state index is 12.9. The molecule has 2 aromatic heterocycles. The quantitative estimate of drug-likeness (QED) is 0.696. The molecule has 0 aliphatic carbocycles. The van der Waals surface area contributed by atoms with Gasteiger partial charge < -0.3 is 9.67 Å². The molecule has 29 heavy (non-hydrogen) atoms. The minimum atomic E-state index is -3.61. The summed E-state index contributed by atoms with van der Waals surface area (Å²) in [5.74, 6) is 0.0308. The van der Waals surface area contributed by atoms with Crippen molar-refractivity contribution in [2.45, 2.75) is 30.4 Å². The average Bonchev–Trinajstić information content (AvgIpc) is 3.21. The molecule has 3 aromatic rings. The molecule has 7 nitrogen and oxygen atoms in total. The lowest BCUT2D eigenvalue weighted by Gasteiger charge is -2.31. The fraction of sp³-hybridized carbons (Fsp3) is 0.333. The summed E-state index contributed by atoms with van der Waals surface area (Å²) in [5.41, 5.74) is 3.48. The zero-order chi connectivity index (χ0) is 20.4. The van der Waals surface area contributed by atoms with Crippen molar-refractivity contribution in [1.82, 2.24) is 18.8 Å². The molecule has 1 aliphatic rings. The van der Waals surface area contributed by atoms with Crippen LogP contribution in [0.3, 0.4) is 0 Å². The van der Waals surface area contributed by atoms with Gasteiger partial charge >= 0.3 is 0 Å². The zero-order valence-corrected chi connectivity index (χ0v) is 17.1. The van der Waals surface area contributed by atoms with E-state index in [1.165, 1.54) is 16.8 Å². The second kappa shape index (κ2) is 8.06. The molecule has 3 heterocycles. The van der Waals surface area contributed by atoms with Crippen LogP contribution in [-0.4, -0.2) is 45.5 Å². The predicted octanol–water partition coefficient (Wildman–Crippen LogP) is 2.54. The summed E-state index contributed by atoms with van der Waals surface area (Å²) in [6.07, 6.45) is 4.70. The lowest BCUT2D eigenvalue weighted by atomic mass is 9.95. The van der Waals surface area contributed by atoms with Gasteiger partial charge in [-0.3, -0.25) is 4.98 Å². The molecule has 0 bridgehead atoms. The monoisotopic (exact) mass is 412 g/mol. The van der Waals surface area contributed by atoms with E-state index < -0.39 is 10.0 Å². The Morgan fingerprint density at radius 1 is 1.21 bits per heavy atom. The van der Waals surface area contributed by atoms with Gasteiger partial charge in [0.15, 0.2) is 5.03 Å². The van der Waals surface area contributed by atoms with E-state index in [0.29, 0.717) is 13.1 Å². The number of hydrogen-bond acceptors (Lipinski definition) is 5. The Hall–Kier alpha value is -2.55. The first kappa shape index (κ1) is 19.8. The number of benzene rings is 1. The largest absolute Gasteiger partial charge is 0.392 e. The molecule has 1 N–H and O–H groups in total. The third kappa shape index (κ3) is 4.10. The molecule has 0 spiro atoms. The Morgan fingerprint density at radius 3 is 2.79 bits per heavy atom. The molecule has 8 heteroatoms. The number of nitrogens with zero attached hydrogens (tertiary/aromatic N) is 4. The topological polar surface area (TPSA) is 88.3 Å². The summed E-state index contributed by atoms with van der Waals surface area (Å²) in [7, 11) is -1.85. The van der Waals surface area contributed by atoms with Gasteiger partial charge in [-0.2, -0.15) is 4.31 Å². The van der Waals surface area contributed by atoms with E-state index in [9.17, 15) is 13.5 Å². The van der Waals surface area contributed by atoms with Gasteiger partial charge in [0.05, 0.1) is 18.6 Å². The molecule has 4 rings (SSSR count). The molecule has 1 saturated heterocycles. The molecule has 0 saturated carbocycles. The van der Waals surface area contributed by atoms with E-state index in [-0.39, 0.29) is 17.6 Å². The van der Waals surface area contributed by atoms with E-state index in [0.717, 1.165) is 35.4 Å². The van der Waals surface area contributed by atoms with Crippen LogP contribution in [-0.2, 0) is 23.7 Å². The van der Waals surface area contributed by atoms with Crippen molar-refractivity contribution in [1.29, 1.82) is 0 Å². The molecule has 1 aliphatic heterocycles. The van der Waals surface area contributed by atoms with E-state index in [2.05, 4.69) is 4.98 Å². The maximum Gasteiger partial charge on any atom is 0.262 e. The van der Waals surface area contributed by atoms with Gasteiger partial charge in [0, 0.05) is 43.5 Å². The number of rotatable bonds is 5. The third-order valence-corrected chi connectivity index (χ3v) is 7.01. The maximum absolute atomic E-state index is 12.9. The number of aryl methyl sites for hydroxylation is 1.